The maximum atomic E-state index is 11.9. The van der Waals surface area contributed by atoms with Gasteiger partial charge in [0, 0.05) is 18.7 Å². The average Bonchev–Trinajstić information content (AvgIpc) is 3.06. The van der Waals surface area contributed by atoms with Crippen molar-refractivity contribution in [2.24, 2.45) is 0 Å². The van der Waals surface area contributed by atoms with Crippen LogP contribution >= 0.6 is 0 Å². The lowest BCUT2D eigenvalue weighted by molar-refractivity contribution is -0.120. The van der Waals surface area contributed by atoms with Crippen LogP contribution < -0.4 is 15.4 Å². The summed E-state index contributed by atoms with van der Waals surface area (Å²) in [4.78, 5) is 23.4. The van der Waals surface area contributed by atoms with Crippen molar-refractivity contribution in [1.29, 1.82) is 0 Å². The Morgan fingerprint density at radius 2 is 1.86 bits per heavy atom. The largest absolute Gasteiger partial charge is 0.496 e. The Bertz CT molecular complexity index is 623. The van der Waals surface area contributed by atoms with E-state index in [0.717, 1.165) is 5.56 Å². The first kappa shape index (κ1) is 15.6. The zero-order chi connectivity index (χ0) is 15.8. The van der Waals surface area contributed by atoms with Crippen LogP contribution in [0.3, 0.4) is 0 Å². The zero-order valence-electron chi connectivity index (χ0n) is 12.3. The molecule has 0 atom stereocenters. The van der Waals surface area contributed by atoms with Gasteiger partial charge in [-0.25, -0.2) is 0 Å². The zero-order valence-corrected chi connectivity index (χ0v) is 12.3. The summed E-state index contributed by atoms with van der Waals surface area (Å²) in [7, 11) is 1.57. The minimum atomic E-state index is -0.302. The first-order chi connectivity index (χ1) is 10.7. The number of ether oxygens (including phenoxy) is 1. The summed E-state index contributed by atoms with van der Waals surface area (Å²) in [6, 6.07) is 10.6. The van der Waals surface area contributed by atoms with E-state index < -0.39 is 0 Å². The molecular formula is C16H18N2O4. The van der Waals surface area contributed by atoms with Crippen molar-refractivity contribution in [3.05, 3.63) is 54.0 Å². The van der Waals surface area contributed by atoms with Gasteiger partial charge in [-0.1, -0.05) is 18.2 Å². The molecule has 6 heteroatoms. The van der Waals surface area contributed by atoms with Crippen LogP contribution in [0.25, 0.3) is 0 Å². The molecule has 22 heavy (non-hydrogen) atoms. The first-order valence-corrected chi connectivity index (χ1v) is 6.91. The molecule has 6 nitrogen and oxygen atoms in total. The molecule has 2 N–H and O–H groups in total. The van der Waals surface area contributed by atoms with Crippen molar-refractivity contribution in [2.75, 3.05) is 20.2 Å². The van der Waals surface area contributed by atoms with Gasteiger partial charge in [-0.05, 0) is 18.2 Å². The van der Waals surface area contributed by atoms with E-state index >= 15 is 0 Å². The minimum Gasteiger partial charge on any atom is -0.496 e. The minimum absolute atomic E-state index is 0.128. The molecule has 2 amide bonds. The second-order valence-electron chi connectivity index (χ2n) is 4.57. The third-order valence-electron chi connectivity index (χ3n) is 3.02. The summed E-state index contributed by atoms with van der Waals surface area (Å²) in [5.41, 5.74) is 0.821. The van der Waals surface area contributed by atoms with Crippen LogP contribution in [0.4, 0.5) is 0 Å². The van der Waals surface area contributed by atoms with Crippen molar-refractivity contribution >= 4 is 11.8 Å². The van der Waals surface area contributed by atoms with Crippen molar-refractivity contribution < 1.29 is 18.7 Å². The Labute approximate surface area is 128 Å². The molecule has 116 valence electrons. The van der Waals surface area contributed by atoms with Crippen LogP contribution in [-0.2, 0) is 11.2 Å². The molecule has 0 saturated heterocycles. The predicted octanol–water partition coefficient (Wildman–Crippen LogP) is 1.38. The SMILES string of the molecule is COc1ccccc1CC(=O)NCCNC(=O)c1ccco1. The fourth-order valence-corrected chi connectivity index (χ4v) is 1.96. The molecule has 1 aromatic heterocycles. The molecule has 0 aliphatic heterocycles. The number of carbonyl (C=O) groups excluding carboxylic acids is 2. The van der Waals surface area contributed by atoms with Crippen molar-refractivity contribution in [3.63, 3.8) is 0 Å². The second kappa shape index (κ2) is 7.87. The summed E-state index contributed by atoms with van der Waals surface area (Å²) in [6.45, 7) is 0.678. The molecule has 1 heterocycles. The fourth-order valence-electron chi connectivity index (χ4n) is 1.96. The molecule has 2 aromatic rings. The maximum Gasteiger partial charge on any atom is 0.287 e. The quantitative estimate of drug-likeness (QED) is 0.757. The Hall–Kier alpha value is -2.76. The lowest BCUT2D eigenvalue weighted by atomic mass is 10.1. The van der Waals surface area contributed by atoms with Gasteiger partial charge in [-0.15, -0.1) is 0 Å². The Morgan fingerprint density at radius 1 is 1.09 bits per heavy atom. The van der Waals surface area contributed by atoms with E-state index in [1.54, 1.807) is 19.2 Å². The summed E-state index contributed by atoms with van der Waals surface area (Å²) in [5, 5.41) is 5.40. The van der Waals surface area contributed by atoms with Crippen LogP contribution in [0.5, 0.6) is 5.75 Å². The Kier molecular flexibility index (Phi) is 5.59. The van der Waals surface area contributed by atoms with Gasteiger partial charge in [0.15, 0.2) is 5.76 Å². The van der Waals surface area contributed by atoms with Gasteiger partial charge in [0.2, 0.25) is 5.91 Å². The van der Waals surface area contributed by atoms with E-state index in [-0.39, 0.29) is 24.0 Å². The van der Waals surface area contributed by atoms with Crippen LogP contribution in [-0.4, -0.2) is 32.0 Å². The topological polar surface area (TPSA) is 80.6 Å². The molecule has 0 aliphatic rings. The van der Waals surface area contributed by atoms with Gasteiger partial charge in [0.1, 0.15) is 5.75 Å². The van der Waals surface area contributed by atoms with E-state index in [2.05, 4.69) is 10.6 Å². The summed E-state index contributed by atoms with van der Waals surface area (Å²) >= 11 is 0. The molecule has 0 radical (unpaired) electrons. The van der Waals surface area contributed by atoms with Crippen LogP contribution in [0, 0.1) is 0 Å². The molecule has 0 unspecified atom stereocenters. The highest BCUT2D eigenvalue weighted by atomic mass is 16.5. The van der Waals surface area contributed by atoms with Gasteiger partial charge in [-0.3, -0.25) is 9.59 Å². The molecule has 0 saturated carbocycles. The summed E-state index contributed by atoms with van der Waals surface area (Å²) < 4.78 is 10.2. The lowest BCUT2D eigenvalue weighted by Crippen LogP contribution is -2.35. The van der Waals surface area contributed by atoms with Crippen LogP contribution in [0.1, 0.15) is 16.1 Å². The van der Waals surface area contributed by atoms with E-state index in [0.29, 0.717) is 18.8 Å². The number of amides is 2. The number of nitrogens with one attached hydrogen (secondary N) is 2. The second-order valence-corrected chi connectivity index (χ2v) is 4.57. The van der Waals surface area contributed by atoms with Crippen molar-refractivity contribution in [2.45, 2.75) is 6.42 Å². The van der Waals surface area contributed by atoms with E-state index in [4.69, 9.17) is 9.15 Å². The molecular weight excluding hydrogens is 284 g/mol. The number of rotatable bonds is 7. The number of benzene rings is 1. The molecule has 0 fully saturated rings. The maximum absolute atomic E-state index is 11.9. The Morgan fingerprint density at radius 3 is 2.59 bits per heavy atom. The molecule has 0 spiro atoms. The highest BCUT2D eigenvalue weighted by molar-refractivity contribution is 5.91. The number of furan rings is 1. The summed E-state index contributed by atoms with van der Waals surface area (Å²) in [5.74, 6) is 0.504. The normalized spacial score (nSPS) is 10.0. The van der Waals surface area contributed by atoms with Gasteiger partial charge < -0.3 is 19.8 Å². The monoisotopic (exact) mass is 302 g/mol. The number of hydrogen-bond donors (Lipinski definition) is 2. The van der Waals surface area contributed by atoms with E-state index in [9.17, 15) is 9.59 Å². The highest BCUT2D eigenvalue weighted by Gasteiger charge is 2.09. The average molecular weight is 302 g/mol. The van der Waals surface area contributed by atoms with E-state index in [1.807, 2.05) is 24.3 Å². The lowest BCUT2D eigenvalue weighted by Gasteiger charge is -2.09. The number of hydrogen-bond acceptors (Lipinski definition) is 4. The Balaban J connectivity index is 1.71. The number of methoxy groups -OCH3 is 1. The third kappa shape index (κ3) is 4.37. The standard InChI is InChI=1S/C16H18N2O4/c1-21-13-6-3-2-5-12(13)11-15(19)17-8-9-18-16(20)14-7-4-10-22-14/h2-7,10H,8-9,11H2,1H3,(H,17,19)(H,18,20). The van der Waals surface area contributed by atoms with Crippen molar-refractivity contribution in [3.8, 4) is 5.75 Å². The number of para-hydroxylation sites is 1. The van der Waals surface area contributed by atoms with Crippen molar-refractivity contribution in [1.82, 2.24) is 10.6 Å². The van der Waals surface area contributed by atoms with Gasteiger partial charge in [0.25, 0.3) is 5.91 Å². The smallest absolute Gasteiger partial charge is 0.287 e. The first-order valence-electron chi connectivity index (χ1n) is 6.91. The van der Waals surface area contributed by atoms with Gasteiger partial charge in [-0.2, -0.15) is 0 Å². The van der Waals surface area contributed by atoms with Gasteiger partial charge >= 0.3 is 0 Å². The third-order valence-corrected chi connectivity index (χ3v) is 3.02. The highest BCUT2D eigenvalue weighted by Crippen LogP contribution is 2.17. The fraction of sp³-hybridized carbons (Fsp3) is 0.250. The molecule has 1 aromatic carbocycles. The van der Waals surface area contributed by atoms with Crippen LogP contribution in [0.15, 0.2) is 47.1 Å². The summed E-state index contributed by atoms with van der Waals surface area (Å²) in [6.07, 6.45) is 1.67. The molecule has 0 bridgehead atoms. The molecule has 2 rings (SSSR count). The molecule has 0 aliphatic carbocycles. The van der Waals surface area contributed by atoms with Gasteiger partial charge in [0.05, 0.1) is 19.8 Å². The van der Waals surface area contributed by atoms with E-state index in [1.165, 1.54) is 6.26 Å². The van der Waals surface area contributed by atoms with Crippen LogP contribution in [0.2, 0.25) is 0 Å². The predicted molar refractivity (Wildman–Crippen MR) is 80.7 cm³/mol. The number of carbonyl (C=O) groups is 2.